The summed E-state index contributed by atoms with van der Waals surface area (Å²) in [6, 6.07) is 12.8. The number of hydrogen-bond acceptors (Lipinski definition) is 3. The van der Waals surface area contributed by atoms with Gasteiger partial charge in [-0.25, -0.2) is 4.79 Å². The maximum atomic E-state index is 11.8. The maximum Gasteiger partial charge on any atom is 0.343 e. The number of H-pyrrole nitrogens is 1. The molecule has 0 saturated heterocycles. The van der Waals surface area contributed by atoms with E-state index in [-0.39, 0.29) is 6.61 Å². The number of aliphatic carboxylic acids is 1. The van der Waals surface area contributed by atoms with Crippen molar-refractivity contribution in [2.45, 2.75) is 18.9 Å². The zero-order chi connectivity index (χ0) is 15.8. The Hall–Kier alpha value is -2.11. The molecule has 0 radical (unpaired) electrons. The lowest BCUT2D eigenvalue weighted by Crippen LogP contribution is -2.43. The third-order valence-electron chi connectivity index (χ3n) is 3.46. The maximum absolute atomic E-state index is 11.8. The van der Waals surface area contributed by atoms with Gasteiger partial charge in [-0.1, -0.05) is 30.3 Å². The molecule has 22 heavy (non-hydrogen) atoms. The van der Waals surface area contributed by atoms with Crippen LogP contribution in [-0.2, 0) is 26.3 Å². The van der Waals surface area contributed by atoms with Gasteiger partial charge in [0, 0.05) is 24.9 Å². The second-order valence-electron chi connectivity index (χ2n) is 4.93. The predicted molar refractivity (Wildman–Crippen MR) is 82.7 cm³/mol. The summed E-state index contributed by atoms with van der Waals surface area (Å²) in [6.07, 6.45) is 2.55. The monoisotopic (exact) mass is 303 g/mol. The van der Waals surface area contributed by atoms with Crippen molar-refractivity contribution >= 4 is 5.97 Å². The molecule has 0 aliphatic carbocycles. The minimum Gasteiger partial charge on any atom is -0.479 e. The molecule has 5 nitrogen and oxygen atoms in total. The number of ether oxygens (including phenoxy) is 2. The van der Waals surface area contributed by atoms with Crippen molar-refractivity contribution in [2.75, 3.05) is 19.8 Å². The molecule has 2 N–H and O–H groups in total. The van der Waals surface area contributed by atoms with Gasteiger partial charge in [0.2, 0.25) is 5.60 Å². The second kappa shape index (κ2) is 7.77. The summed E-state index contributed by atoms with van der Waals surface area (Å²) in [6.45, 7) is 2.47. The number of aromatic amines is 1. The molecule has 1 atom stereocenters. The van der Waals surface area contributed by atoms with E-state index in [1.54, 1.807) is 31.2 Å². The number of benzene rings is 1. The van der Waals surface area contributed by atoms with Crippen LogP contribution in [0.4, 0.5) is 0 Å². The average molecular weight is 303 g/mol. The molecule has 1 aromatic carbocycles. The third-order valence-corrected chi connectivity index (χ3v) is 3.46. The predicted octanol–water partition coefficient (Wildman–Crippen LogP) is 2.59. The van der Waals surface area contributed by atoms with Crippen molar-refractivity contribution in [3.8, 4) is 0 Å². The fraction of sp³-hybridized carbons (Fsp3) is 0.353. The van der Waals surface area contributed by atoms with Gasteiger partial charge in [-0.2, -0.15) is 0 Å². The lowest BCUT2D eigenvalue weighted by Gasteiger charge is -2.29. The van der Waals surface area contributed by atoms with Crippen molar-refractivity contribution < 1.29 is 19.4 Å². The zero-order valence-electron chi connectivity index (χ0n) is 12.6. The molecule has 0 spiro atoms. The van der Waals surface area contributed by atoms with Crippen LogP contribution in [0.1, 0.15) is 18.2 Å². The Morgan fingerprint density at radius 1 is 1.23 bits per heavy atom. The lowest BCUT2D eigenvalue weighted by atomic mass is 9.94. The summed E-state index contributed by atoms with van der Waals surface area (Å²) >= 11 is 0. The quantitative estimate of drug-likeness (QED) is 0.698. The van der Waals surface area contributed by atoms with Gasteiger partial charge in [0.1, 0.15) is 0 Å². The van der Waals surface area contributed by atoms with Gasteiger partial charge in [0.05, 0.1) is 13.2 Å². The zero-order valence-corrected chi connectivity index (χ0v) is 12.6. The van der Waals surface area contributed by atoms with Crippen LogP contribution >= 0.6 is 0 Å². The van der Waals surface area contributed by atoms with E-state index in [4.69, 9.17) is 9.47 Å². The van der Waals surface area contributed by atoms with Crippen molar-refractivity contribution in [1.29, 1.82) is 0 Å². The first-order valence-corrected chi connectivity index (χ1v) is 7.32. The van der Waals surface area contributed by atoms with E-state index in [1.807, 2.05) is 24.4 Å². The minimum atomic E-state index is -1.47. The number of aromatic nitrogens is 1. The van der Waals surface area contributed by atoms with Gasteiger partial charge in [-0.3, -0.25) is 0 Å². The minimum absolute atomic E-state index is 0.0269. The van der Waals surface area contributed by atoms with Gasteiger partial charge < -0.3 is 19.6 Å². The molecule has 0 fully saturated rings. The Morgan fingerprint density at radius 2 is 2.00 bits per heavy atom. The van der Waals surface area contributed by atoms with Crippen molar-refractivity contribution in [3.05, 3.63) is 59.9 Å². The third kappa shape index (κ3) is 3.75. The van der Waals surface area contributed by atoms with Gasteiger partial charge in [0.25, 0.3) is 0 Å². The van der Waals surface area contributed by atoms with E-state index in [2.05, 4.69) is 4.98 Å². The topological polar surface area (TPSA) is 71.5 Å². The highest BCUT2D eigenvalue weighted by atomic mass is 16.6. The molecule has 0 saturated carbocycles. The highest BCUT2D eigenvalue weighted by molar-refractivity contribution is 5.79. The van der Waals surface area contributed by atoms with E-state index < -0.39 is 11.6 Å². The highest BCUT2D eigenvalue weighted by Gasteiger charge is 2.41. The van der Waals surface area contributed by atoms with Crippen LogP contribution in [-0.4, -0.2) is 35.9 Å². The number of nitrogens with one attached hydrogen (secondary N) is 1. The van der Waals surface area contributed by atoms with E-state index in [0.29, 0.717) is 25.2 Å². The standard InChI is InChI=1S/C17H21NO4/c1-2-22-17(16(19)20,14-7-4-3-5-8-14)13-21-12-10-15-9-6-11-18-15/h3-9,11,18H,2,10,12-13H2,1H3,(H,19,20). The van der Waals surface area contributed by atoms with Crippen molar-refractivity contribution in [3.63, 3.8) is 0 Å². The van der Waals surface area contributed by atoms with E-state index in [0.717, 1.165) is 5.69 Å². The largest absolute Gasteiger partial charge is 0.479 e. The molecule has 0 aliphatic heterocycles. The first kappa shape index (κ1) is 16.3. The summed E-state index contributed by atoms with van der Waals surface area (Å²) < 4.78 is 11.2. The molecule has 1 heterocycles. The highest BCUT2D eigenvalue weighted by Crippen LogP contribution is 2.27. The summed E-state index contributed by atoms with van der Waals surface area (Å²) in [5, 5.41) is 9.68. The van der Waals surface area contributed by atoms with Gasteiger partial charge in [-0.15, -0.1) is 0 Å². The molecule has 118 valence electrons. The molecule has 5 heteroatoms. The molecule has 0 amide bonds. The molecule has 1 aromatic heterocycles. The van der Waals surface area contributed by atoms with Crippen LogP contribution in [0.2, 0.25) is 0 Å². The fourth-order valence-electron chi connectivity index (χ4n) is 2.33. The molecular formula is C17H21NO4. The summed E-state index contributed by atoms with van der Waals surface area (Å²) in [5.41, 5.74) is 0.174. The van der Waals surface area contributed by atoms with Crippen LogP contribution < -0.4 is 0 Å². The summed E-state index contributed by atoms with van der Waals surface area (Å²) in [4.78, 5) is 14.9. The van der Waals surface area contributed by atoms with E-state index in [9.17, 15) is 9.90 Å². The second-order valence-corrected chi connectivity index (χ2v) is 4.93. The number of rotatable bonds is 9. The van der Waals surface area contributed by atoms with Crippen LogP contribution in [0.15, 0.2) is 48.7 Å². The van der Waals surface area contributed by atoms with E-state index >= 15 is 0 Å². The molecular weight excluding hydrogens is 282 g/mol. The Bertz CT molecular complexity index is 568. The molecule has 2 aromatic rings. The van der Waals surface area contributed by atoms with Crippen LogP contribution in [0.3, 0.4) is 0 Å². The number of hydrogen-bond donors (Lipinski definition) is 2. The summed E-state index contributed by atoms with van der Waals surface area (Å²) in [5.74, 6) is -1.04. The first-order valence-electron chi connectivity index (χ1n) is 7.32. The number of carboxylic acids is 1. The Balaban J connectivity index is 2.05. The van der Waals surface area contributed by atoms with Crippen molar-refractivity contribution in [2.24, 2.45) is 0 Å². The molecule has 2 rings (SSSR count). The van der Waals surface area contributed by atoms with Gasteiger partial charge in [0.15, 0.2) is 0 Å². The lowest BCUT2D eigenvalue weighted by molar-refractivity contribution is -0.176. The molecule has 1 unspecified atom stereocenters. The SMILES string of the molecule is CCOC(COCCc1ccc[nH]1)(C(=O)O)c1ccccc1. The molecule has 0 aliphatic rings. The molecule has 0 bridgehead atoms. The summed E-state index contributed by atoms with van der Waals surface area (Å²) in [7, 11) is 0. The van der Waals surface area contributed by atoms with Gasteiger partial charge in [-0.05, 0) is 24.6 Å². The fourth-order valence-corrected chi connectivity index (χ4v) is 2.33. The van der Waals surface area contributed by atoms with Gasteiger partial charge >= 0.3 is 5.97 Å². The van der Waals surface area contributed by atoms with Crippen molar-refractivity contribution in [1.82, 2.24) is 4.98 Å². The Kier molecular flexibility index (Phi) is 5.75. The first-order chi connectivity index (χ1) is 10.7. The normalized spacial score (nSPS) is 13.7. The van der Waals surface area contributed by atoms with Crippen LogP contribution in [0.25, 0.3) is 0 Å². The van der Waals surface area contributed by atoms with Crippen LogP contribution in [0, 0.1) is 0 Å². The number of carbonyl (C=O) groups is 1. The number of carboxylic acid groups (broad SMARTS) is 1. The Morgan fingerprint density at radius 3 is 2.59 bits per heavy atom. The average Bonchev–Trinajstić information content (AvgIpc) is 3.04. The van der Waals surface area contributed by atoms with E-state index in [1.165, 1.54) is 0 Å². The Labute approximate surface area is 129 Å². The smallest absolute Gasteiger partial charge is 0.343 e. The van der Waals surface area contributed by atoms with Crippen LogP contribution in [0.5, 0.6) is 0 Å².